The second-order valence-corrected chi connectivity index (χ2v) is 11.4. The van der Waals surface area contributed by atoms with Crippen LogP contribution in [0.1, 0.15) is 43.6 Å². The Morgan fingerprint density at radius 3 is 1.83 bits per heavy atom. The van der Waals surface area contributed by atoms with E-state index in [9.17, 15) is 19.2 Å². The van der Waals surface area contributed by atoms with Crippen LogP contribution in [0, 0.1) is 5.92 Å². The van der Waals surface area contributed by atoms with Crippen molar-refractivity contribution in [2.24, 2.45) is 5.92 Å². The lowest BCUT2D eigenvalue weighted by atomic mass is 9.83. The molecule has 1 aromatic heterocycles. The van der Waals surface area contributed by atoms with Crippen LogP contribution in [0.3, 0.4) is 0 Å². The minimum absolute atomic E-state index is 0.138. The van der Waals surface area contributed by atoms with Crippen LogP contribution in [0.15, 0.2) is 76.1 Å². The van der Waals surface area contributed by atoms with Crippen molar-refractivity contribution in [3.8, 4) is 23.0 Å². The predicted molar refractivity (Wildman–Crippen MR) is 180 cm³/mol. The Morgan fingerprint density at radius 1 is 0.729 bits per heavy atom. The number of para-hydroxylation sites is 1. The number of nitrogens with one attached hydrogen (secondary N) is 3. The van der Waals surface area contributed by atoms with Crippen LogP contribution >= 0.6 is 0 Å². The van der Waals surface area contributed by atoms with Gasteiger partial charge in [0, 0.05) is 23.7 Å². The van der Waals surface area contributed by atoms with E-state index in [1.54, 1.807) is 60.7 Å². The fourth-order valence-electron chi connectivity index (χ4n) is 5.96. The summed E-state index contributed by atoms with van der Waals surface area (Å²) in [5.41, 5.74) is 0.0744. The van der Waals surface area contributed by atoms with Crippen molar-refractivity contribution in [2.45, 2.75) is 44.1 Å². The zero-order chi connectivity index (χ0) is 34.2. The van der Waals surface area contributed by atoms with Gasteiger partial charge in [-0.25, -0.2) is 0 Å². The number of fused-ring (bicyclic) bond motifs is 1. The van der Waals surface area contributed by atoms with Crippen LogP contribution in [-0.4, -0.2) is 52.2 Å². The summed E-state index contributed by atoms with van der Waals surface area (Å²) in [6, 6.07) is 15.9. The summed E-state index contributed by atoms with van der Waals surface area (Å²) in [5, 5.41) is 8.73. The number of methoxy groups -OCH3 is 4. The summed E-state index contributed by atoms with van der Waals surface area (Å²) in [7, 11) is 5.83. The van der Waals surface area contributed by atoms with Crippen molar-refractivity contribution < 1.29 is 37.7 Å². The zero-order valence-electron chi connectivity index (χ0n) is 27.3. The molecule has 3 aromatic carbocycles. The molecule has 12 nitrogen and oxygen atoms in total. The summed E-state index contributed by atoms with van der Waals surface area (Å²) in [5.74, 6) is -4.26. The number of carbonyl (C=O) groups is 3. The van der Waals surface area contributed by atoms with Crippen LogP contribution in [0.4, 0.5) is 11.4 Å². The summed E-state index contributed by atoms with van der Waals surface area (Å²) >= 11 is 0. The number of hydrogen-bond acceptors (Lipinski definition) is 9. The minimum Gasteiger partial charge on any atom is -0.497 e. The van der Waals surface area contributed by atoms with E-state index in [4.69, 9.17) is 23.4 Å². The number of rotatable bonds is 12. The molecular weight excluding hydrogens is 618 g/mol. The van der Waals surface area contributed by atoms with E-state index < -0.39 is 35.0 Å². The van der Waals surface area contributed by atoms with Crippen LogP contribution < -0.4 is 40.3 Å². The first kappa shape index (κ1) is 33.8. The van der Waals surface area contributed by atoms with Gasteiger partial charge in [-0.05, 0) is 49.2 Å². The molecule has 1 aliphatic carbocycles. The van der Waals surface area contributed by atoms with Gasteiger partial charge in [0.15, 0.2) is 5.43 Å². The molecule has 0 spiro atoms. The van der Waals surface area contributed by atoms with Crippen LogP contribution in [0.5, 0.6) is 23.0 Å². The smallest absolute Gasteiger partial charge is 0.238 e. The highest BCUT2D eigenvalue weighted by Crippen LogP contribution is 2.35. The van der Waals surface area contributed by atoms with E-state index in [1.807, 2.05) is 0 Å². The van der Waals surface area contributed by atoms with Gasteiger partial charge < -0.3 is 39.3 Å². The maximum absolute atomic E-state index is 14.4. The van der Waals surface area contributed by atoms with Gasteiger partial charge >= 0.3 is 0 Å². The highest BCUT2D eigenvalue weighted by Gasteiger charge is 2.43. The molecule has 1 fully saturated rings. The second-order valence-electron chi connectivity index (χ2n) is 11.4. The Bertz CT molecular complexity index is 1780. The topological polar surface area (TPSA) is 154 Å². The van der Waals surface area contributed by atoms with Crippen molar-refractivity contribution in [3.05, 3.63) is 82.7 Å². The summed E-state index contributed by atoms with van der Waals surface area (Å²) in [4.78, 5) is 57.1. The molecule has 12 heteroatoms. The highest BCUT2D eigenvalue weighted by molar-refractivity contribution is 6.15. The predicted octanol–water partition coefficient (Wildman–Crippen LogP) is 5.25. The minimum atomic E-state index is -1.77. The van der Waals surface area contributed by atoms with Gasteiger partial charge in [-0.3, -0.25) is 19.2 Å². The van der Waals surface area contributed by atoms with Crippen LogP contribution in [-0.2, 0) is 14.4 Å². The molecule has 3 amide bonds. The standard InChI is InChI=1S/C36H39N3O9/c1-44-22-14-16-26(29(18-22)46-3)38-35(42)32(36(43)39-27-17-15-23(45-2)19-30(27)47-4)31(34(41)37-21-10-6-5-7-11-21)25-20-48-28-13-9-8-12-24(28)33(25)40/h8-9,12-21,31-32H,5-7,10-11H2,1-4H3,(H,37,41)(H,38,42)(H,39,43). The molecule has 0 radical (unpaired) electrons. The summed E-state index contributed by atoms with van der Waals surface area (Å²) < 4.78 is 27.3. The van der Waals surface area contributed by atoms with Crippen molar-refractivity contribution in [3.63, 3.8) is 0 Å². The average molecular weight is 658 g/mol. The second kappa shape index (κ2) is 15.4. The maximum Gasteiger partial charge on any atom is 0.238 e. The van der Waals surface area contributed by atoms with Crippen LogP contribution in [0.2, 0.25) is 0 Å². The SMILES string of the molecule is COc1ccc(NC(=O)C(C(=O)Nc2ccc(OC)cc2OC)C(C(=O)NC2CCCCC2)c2coc3ccccc3c2=O)c(OC)c1. The van der Waals surface area contributed by atoms with Gasteiger partial charge in [-0.2, -0.15) is 0 Å². The third kappa shape index (κ3) is 7.38. The first-order valence-electron chi connectivity index (χ1n) is 15.6. The molecule has 0 saturated heterocycles. The zero-order valence-corrected chi connectivity index (χ0v) is 27.3. The molecule has 252 valence electrons. The molecule has 4 aromatic rings. The third-order valence-electron chi connectivity index (χ3n) is 8.51. The molecule has 0 bridgehead atoms. The Hall–Kier alpha value is -5.52. The Kier molecular flexibility index (Phi) is 10.8. The molecule has 1 saturated carbocycles. The molecular formula is C36H39N3O9. The largest absolute Gasteiger partial charge is 0.497 e. The maximum atomic E-state index is 14.4. The fraction of sp³-hybridized carbons (Fsp3) is 0.333. The normalized spacial score (nSPS) is 13.8. The number of benzene rings is 3. The van der Waals surface area contributed by atoms with Gasteiger partial charge in [0.05, 0.1) is 57.4 Å². The van der Waals surface area contributed by atoms with E-state index in [0.717, 1.165) is 38.4 Å². The van der Waals surface area contributed by atoms with Gasteiger partial charge in [-0.15, -0.1) is 0 Å². The molecule has 3 N–H and O–H groups in total. The molecule has 48 heavy (non-hydrogen) atoms. The highest BCUT2D eigenvalue weighted by atomic mass is 16.5. The van der Waals surface area contributed by atoms with E-state index in [2.05, 4.69) is 16.0 Å². The van der Waals surface area contributed by atoms with Gasteiger partial charge in [-0.1, -0.05) is 31.4 Å². The van der Waals surface area contributed by atoms with Crippen molar-refractivity contribution in [2.75, 3.05) is 39.1 Å². The fourth-order valence-corrected chi connectivity index (χ4v) is 5.96. The van der Waals surface area contributed by atoms with E-state index in [0.29, 0.717) is 17.1 Å². The summed E-state index contributed by atoms with van der Waals surface area (Å²) in [6.07, 6.45) is 5.52. The Morgan fingerprint density at radius 2 is 1.29 bits per heavy atom. The molecule has 0 aliphatic heterocycles. The first-order chi connectivity index (χ1) is 23.3. The van der Waals surface area contributed by atoms with E-state index in [-0.39, 0.29) is 39.9 Å². The monoisotopic (exact) mass is 657 g/mol. The molecule has 1 heterocycles. The number of anilines is 2. The number of carbonyl (C=O) groups excluding carboxylic acids is 3. The van der Waals surface area contributed by atoms with Gasteiger partial charge in [0.1, 0.15) is 34.5 Å². The lowest BCUT2D eigenvalue weighted by molar-refractivity contribution is -0.136. The van der Waals surface area contributed by atoms with Crippen molar-refractivity contribution >= 4 is 40.1 Å². The quantitative estimate of drug-likeness (QED) is 0.173. The Balaban J connectivity index is 1.64. The number of amides is 3. The van der Waals surface area contributed by atoms with Gasteiger partial charge in [0.25, 0.3) is 0 Å². The molecule has 5 rings (SSSR count). The lowest BCUT2D eigenvalue weighted by Crippen LogP contribution is -2.48. The van der Waals surface area contributed by atoms with Crippen LogP contribution in [0.25, 0.3) is 11.0 Å². The van der Waals surface area contributed by atoms with Crippen molar-refractivity contribution in [1.82, 2.24) is 5.32 Å². The average Bonchev–Trinajstić information content (AvgIpc) is 3.11. The first-order valence-corrected chi connectivity index (χ1v) is 15.6. The lowest BCUT2D eigenvalue weighted by Gasteiger charge is -2.29. The molecule has 1 atom stereocenters. The molecule has 1 aliphatic rings. The van der Waals surface area contributed by atoms with E-state index in [1.165, 1.54) is 28.4 Å². The third-order valence-corrected chi connectivity index (χ3v) is 8.51. The Labute approximate surface area is 277 Å². The summed E-state index contributed by atoms with van der Waals surface area (Å²) in [6.45, 7) is 0. The molecule has 1 unspecified atom stereocenters. The van der Waals surface area contributed by atoms with E-state index >= 15 is 0 Å². The van der Waals surface area contributed by atoms with Gasteiger partial charge in [0.2, 0.25) is 17.7 Å². The van der Waals surface area contributed by atoms with Crippen molar-refractivity contribution in [1.29, 1.82) is 0 Å². The number of hydrogen-bond donors (Lipinski definition) is 3. The number of ether oxygens (including phenoxy) is 4.